The van der Waals surface area contributed by atoms with Crippen LogP contribution in [0, 0.1) is 16.0 Å². The van der Waals surface area contributed by atoms with Gasteiger partial charge in [0.25, 0.3) is 11.6 Å². The minimum atomic E-state index is -1.09. The molecule has 0 unspecified atom stereocenters. The molecule has 1 saturated carbocycles. The van der Waals surface area contributed by atoms with Crippen molar-refractivity contribution in [3.8, 4) is 0 Å². The van der Waals surface area contributed by atoms with Crippen molar-refractivity contribution in [1.29, 1.82) is 0 Å². The van der Waals surface area contributed by atoms with Gasteiger partial charge in [-0.05, 0) is 25.7 Å². The Hall–Kier alpha value is -2.38. The fraction of sp³-hybridized carbons (Fsp3) is 0.538. The van der Waals surface area contributed by atoms with E-state index in [-0.39, 0.29) is 11.4 Å². The maximum atomic E-state index is 12.5. The molecule has 0 bridgehead atoms. The lowest BCUT2D eigenvalue weighted by atomic mass is 10.3. The second kappa shape index (κ2) is 5.94. The van der Waals surface area contributed by atoms with Crippen molar-refractivity contribution in [2.45, 2.75) is 26.3 Å². The lowest BCUT2D eigenvalue weighted by molar-refractivity contribution is -0.384. The number of nitrogens with zero attached hydrogens (tertiary/aromatic N) is 3. The number of carboxylic acids is 1. The fourth-order valence-electron chi connectivity index (χ4n) is 2.19. The second-order valence-corrected chi connectivity index (χ2v) is 5.15. The van der Waals surface area contributed by atoms with Crippen LogP contribution in [0.2, 0.25) is 0 Å². The molecule has 1 fully saturated rings. The zero-order chi connectivity index (χ0) is 15.6. The molecule has 0 aromatic carbocycles. The molecule has 2 rings (SSSR count). The predicted molar refractivity (Wildman–Crippen MR) is 73.0 cm³/mol. The van der Waals surface area contributed by atoms with Crippen molar-refractivity contribution >= 4 is 17.6 Å². The maximum absolute atomic E-state index is 12.5. The van der Waals surface area contributed by atoms with Crippen LogP contribution in [0.5, 0.6) is 0 Å². The number of nitro groups is 1. The summed E-state index contributed by atoms with van der Waals surface area (Å²) in [6, 6.07) is 1.20. The Bertz CT molecular complexity index is 576. The largest absolute Gasteiger partial charge is 0.480 e. The summed E-state index contributed by atoms with van der Waals surface area (Å²) in [4.78, 5) is 34.9. The van der Waals surface area contributed by atoms with E-state index in [1.807, 2.05) is 0 Å². The van der Waals surface area contributed by atoms with E-state index < -0.39 is 23.3 Å². The third-order valence-corrected chi connectivity index (χ3v) is 3.44. The second-order valence-electron chi connectivity index (χ2n) is 5.15. The highest BCUT2D eigenvalue weighted by atomic mass is 16.6. The number of carbonyl (C=O) groups is 2. The minimum Gasteiger partial charge on any atom is -0.480 e. The first-order chi connectivity index (χ1) is 9.92. The van der Waals surface area contributed by atoms with Crippen molar-refractivity contribution in [3.63, 3.8) is 0 Å². The monoisotopic (exact) mass is 295 g/mol. The molecule has 1 amide bonds. The van der Waals surface area contributed by atoms with Crippen LogP contribution in [-0.2, 0) is 11.3 Å². The van der Waals surface area contributed by atoms with Crippen molar-refractivity contribution in [2.24, 2.45) is 5.92 Å². The van der Waals surface area contributed by atoms with Gasteiger partial charge in [0.2, 0.25) is 0 Å². The number of aromatic nitrogens is 1. The minimum absolute atomic E-state index is 0.158. The number of hydrogen-bond acceptors (Lipinski definition) is 4. The van der Waals surface area contributed by atoms with Gasteiger partial charge in [-0.15, -0.1) is 0 Å². The number of carboxylic acid groups (broad SMARTS) is 1. The van der Waals surface area contributed by atoms with Gasteiger partial charge in [-0.1, -0.05) is 0 Å². The van der Waals surface area contributed by atoms with Gasteiger partial charge in [0.15, 0.2) is 0 Å². The molecule has 0 spiro atoms. The zero-order valence-electron chi connectivity index (χ0n) is 11.7. The first-order valence-electron chi connectivity index (χ1n) is 6.78. The van der Waals surface area contributed by atoms with Crippen LogP contribution in [0.1, 0.15) is 30.3 Å². The van der Waals surface area contributed by atoms with Gasteiger partial charge in [-0.25, -0.2) is 0 Å². The van der Waals surface area contributed by atoms with Gasteiger partial charge in [0.1, 0.15) is 12.2 Å². The topological polar surface area (TPSA) is 106 Å². The highest BCUT2D eigenvalue weighted by Gasteiger charge is 2.30. The molecule has 0 saturated heterocycles. The molecule has 1 aliphatic carbocycles. The Morgan fingerprint density at radius 1 is 1.52 bits per heavy atom. The maximum Gasteiger partial charge on any atom is 0.323 e. The van der Waals surface area contributed by atoms with Crippen LogP contribution in [0.25, 0.3) is 0 Å². The summed E-state index contributed by atoms with van der Waals surface area (Å²) in [7, 11) is 0. The molecule has 1 N–H and O–H groups in total. The predicted octanol–water partition coefficient (Wildman–Crippen LogP) is 1.35. The Morgan fingerprint density at radius 3 is 2.67 bits per heavy atom. The highest BCUT2D eigenvalue weighted by Crippen LogP contribution is 2.30. The van der Waals surface area contributed by atoms with Gasteiger partial charge in [0, 0.05) is 19.2 Å². The molecular formula is C13H17N3O5. The van der Waals surface area contributed by atoms with Crippen molar-refractivity contribution < 1.29 is 19.6 Å². The summed E-state index contributed by atoms with van der Waals surface area (Å²) in [6.07, 6.45) is 3.26. The highest BCUT2D eigenvalue weighted by molar-refractivity contribution is 5.95. The number of rotatable bonds is 7. The third-order valence-electron chi connectivity index (χ3n) is 3.44. The summed E-state index contributed by atoms with van der Waals surface area (Å²) in [5.41, 5.74) is -0.00648. The quantitative estimate of drug-likeness (QED) is 0.603. The first kappa shape index (κ1) is 15.0. The molecule has 8 nitrogen and oxygen atoms in total. The van der Waals surface area contributed by atoms with Gasteiger partial charge in [0.05, 0.1) is 11.1 Å². The summed E-state index contributed by atoms with van der Waals surface area (Å²) in [6.45, 7) is 2.16. The Kier molecular flexibility index (Phi) is 4.25. The number of aliphatic carboxylic acids is 1. The van der Waals surface area contributed by atoms with E-state index in [0.29, 0.717) is 19.0 Å². The summed E-state index contributed by atoms with van der Waals surface area (Å²) >= 11 is 0. The van der Waals surface area contributed by atoms with Crippen LogP contribution < -0.4 is 0 Å². The Balaban J connectivity index is 2.25. The molecule has 1 aromatic rings. The number of carbonyl (C=O) groups excluding carboxylic acids is 1. The lowest BCUT2D eigenvalue weighted by Gasteiger charge is -2.21. The van der Waals surface area contributed by atoms with Crippen molar-refractivity contribution in [3.05, 3.63) is 28.1 Å². The number of amides is 1. The normalized spacial score (nSPS) is 14.0. The Morgan fingerprint density at radius 2 is 2.19 bits per heavy atom. The lowest BCUT2D eigenvalue weighted by Crippen LogP contribution is -2.38. The molecule has 1 aromatic heterocycles. The molecular weight excluding hydrogens is 278 g/mol. The van der Waals surface area contributed by atoms with E-state index in [2.05, 4.69) is 0 Å². The average molecular weight is 295 g/mol. The van der Waals surface area contributed by atoms with Crippen LogP contribution in [0.4, 0.5) is 5.69 Å². The molecule has 8 heteroatoms. The van der Waals surface area contributed by atoms with Crippen molar-refractivity contribution in [2.75, 3.05) is 13.1 Å². The van der Waals surface area contributed by atoms with Crippen LogP contribution >= 0.6 is 0 Å². The van der Waals surface area contributed by atoms with E-state index in [4.69, 9.17) is 5.11 Å². The SMILES string of the molecule is CCn1cc([N+](=O)[O-])cc1C(=O)N(CC(=O)O)CC1CC1. The standard InChI is InChI=1S/C13H17N3O5/c1-2-14-7-10(16(20)21)5-11(14)13(19)15(8-12(17)18)6-9-3-4-9/h5,7,9H,2-4,6,8H2,1H3,(H,17,18). The fourth-order valence-corrected chi connectivity index (χ4v) is 2.19. The summed E-state index contributed by atoms with van der Waals surface area (Å²) in [5, 5.41) is 19.7. The van der Waals surface area contributed by atoms with Gasteiger partial charge >= 0.3 is 5.97 Å². The van der Waals surface area contributed by atoms with Crippen LogP contribution in [-0.4, -0.2) is 44.5 Å². The van der Waals surface area contributed by atoms with E-state index in [1.165, 1.54) is 21.7 Å². The summed E-state index contributed by atoms with van der Waals surface area (Å²) in [5.74, 6) is -1.22. The smallest absolute Gasteiger partial charge is 0.323 e. The van der Waals surface area contributed by atoms with E-state index in [1.54, 1.807) is 6.92 Å². The molecule has 0 atom stereocenters. The summed E-state index contributed by atoms with van der Waals surface area (Å²) < 4.78 is 1.47. The van der Waals surface area contributed by atoms with Crippen LogP contribution in [0.3, 0.4) is 0 Å². The zero-order valence-corrected chi connectivity index (χ0v) is 11.7. The van der Waals surface area contributed by atoms with E-state index in [9.17, 15) is 19.7 Å². The number of aryl methyl sites for hydroxylation is 1. The van der Waals surface area contributed by atoms with E-state index in [0.717, 1.165) is 12.8 Å². The van der Waals surface area contributed by atoms with E-state index >= 15 is 0 Å². The molecule has 114 valence electrons. The average Bonchev–Trinajstić information content (AvgIpc) is 3.12. The first-order valence-corrected chi connectivity index (χ1v) is 6.78. The third kappa shape index (κ3) is 3.59. The van der Waals surface area contributed by atoms with Gasteiger partial charge in [-0.2, -0.15) is 0 Å². The van der Waals surface area contributed by atoms with Gasteiger partial charge < -0.3 is 14.6 Å². The Labute approximate surface area is 121 Å². The van der Waals surface area contributed by atoms with Crippen LogP contribution in [0.15, 0.2) is 12.3 Å². The van der Waals surface area contributed by atoms with Gasteiger partial charge in [-0.3, -0.25) is 19.7 Å². The molecule has 1 heterocycles. The molecule has 0 radical (unpaired) electrons. The molecule has 1 aliphatic rings. The molecule has 21 heavy (non-hydrogen) atoms. The molecule has 0 aliphatic heterocycles. The number of hydrogen-bond donors (Lipinski definition) is 1. The van der Waals surface area contributed by atoms with Crippen molar-refractivity contribution in [1.82, 2.24) is 9.47 Å².